The molecule has 0 radical (unpaired) electrons. The summed E-state index contributed by atoms with van der Waals surface area (Å²) in [6, 6.07) is 10.9. The van der Waals surface area contributed by atoms with E-state index in [-0.39, 0.29) is 0 Å². The Hall–Kier alpha value is -2.68. The van der Waals surface area contributed by atoms with Gasteiger partial charge in [-0.25, -0.2) is 4.98 Å². The van der Waals surface area contributed by atoms with Crippen LogP contribution in [0.25, 0.3) is 33.3 Å². The lowest BCUT2D eigenvalue weighted by Crippen LogP contribution is -2.05. The Morgan fingerprint density at radius 3 is 2.42 bits per heavy atom. The molecule has 3 heteroatoms. The highest BCUT2D eigenvalue weighted by Gasteiger charge is 2.20. The smallest absolute Gasteiger partial charge is 0.227 e. The van der Waals surface area contributed by atoms with Gasteiger partial charge in [0, 0.05) is 28.7 Å². The van der Waals surface area contributed by atoms with Gasteiger partial charge in [-0.3, -0.25) is 4.98 Å². The number of aromatic nitrogens is 2. The lowest BCUT2D eigenvalue weighted by molar-refractivity contribution is 0.542. The van der Waals surface area contributed by atoms with Crippen molar-refractivity contribution in [1.82, 2.24) is 9.97 Å². The minimum atomic E-state index is 0.409. The quantitative estimate of drug-likeness (QED) is 0.333. The second-order valence-electron chi connectivity index (χ2n) is 9.84. The molecule has 1 fully saturated rings. The van der Waals surface area contributed by atoms with E-state index in [2.05, 4.69) is 69.2 Å². The molecule has 0 unspecified atom stereocenters. The molecule has 0 saturated heterocycles. The van der Waals surface area contributed by atoms with Gasteiger partial charge in [-0.05, 0) is 53.0 Å². The molecule has 160 valence electrons. The number of hydrogen-bond acceptors (Lipinski definition) is 3. The van der Waals surface area contributed by atoms with Crippen LogP contribution < -0.4 is 0 Å². The van der Waals surface area contributed by atoms with Gasteiger partial charge in [-0.15, -0.1) is 0 Å². The highest BCUT2D eigenvalue weighted by atomic mass is 16.3. The summed E-state index contributed by atoms with van der Waals surface area (Å²) in [4.78, 5) is 9.53. The number of furan rings is 1. The molecule has 3 aromatic heterocycles. The van der Waals surface area contributed by atoms with Gasteiger partial charge < -0.3 is 4.42 Å². The van der Waals surface area contributed by atoms with Crippen LogP contribution in [0.2, 0.25) is 0 Å². The van der Waals surface area contributed by atoms with E-state index >= 15 is 0 Å². The van der Waals surface area contributed by atoms with Crippen molar-refractivity contribution in [3.05, 3.63) is 59.4 Å². The van der Waals surface area contributed by atoms with Gasteiger partial charge in [0.25, 0.3) is 0 Å². The van der Waals surface area contributed by atoms with Gasteiger partial charge in [-0.1, -0.05) is 71.6 Å². The van der Waals surface area contributed by atoms with Crippen LogP contribution >= 0.6 is 0 Å². The zero-order valence-electron chi connectivity index (χ0n) is 19.1. The van der Waals surface area contributed by atoms with Crippen LogP contribution in [0.4, 0.5) is 0 Å². The molecule has 1 aromatic carbocycles. The Bertz CT molecular complexity index is 1230. The SMILES string of the molecule is CC(C)c1cnc(-c2cnc3oc4c(C(C)C)cccc4c3c2)cc1CC1CCCC1. The van der Waals surface area contributed by atoms with Gasteiger partial charge in [0.1, 0.15) is 5.58 Å². The molecule has 5 rings (SSSR count). The van der Waals surface area contributed by atoms with Crippen LogP contribution in [0.15, 0.2) is 47.1 Å². The maximum absolute atomic E-state index is 6.17. The second kappa shape index (κ2) is 8.11. The van der Waals surface area contributed by atoms with E-state index in [4.69, 9.17) is 9.40 Å². The maximum atomic E-state index is 6.17. The summed E-state index contributed by atoms with van der Waals surface area (Å²) in [5.74, 6) is 1.72. The van der Waals surface area contributed by atoms with Crippen molar-refractivity contribution >= 4 is 22.1 Å². The van der Waals surface area contributed by atoms with Crippen molar-refractivity contribution in [3.63, 3.8) is 0 Å². The molecule has 0 N–H and O–H groups in total. The van der Waals surface area contributed by atoms with Gasteiger partial charge in [-0.2, -0.15) is 0 Å². The Balaban J connectivity index is 1.59. The summed E-state index contributed by atoms with van der Waals surface area (Å²) in [6.07, 6.45) is 10.7. The monoisotopic (exact) mass is 412 g/mol. The molecule has 1 saturated carbocycles. The number of rotatable bonds is 5. The number of pyridine rings is 2. The zero-order chi connectivity index (χ0) is 21.5. The molecule has 4 aromatic rings. The Labute approximate surface area is 184 Å². The predicted molar refractivity (Wildman–Crippen MR) is 129 cm³/mol. The van der Waals surface area contributed by atoms with Crippen LogP contribution in [-0.2, 0) is 6.42 Å². The first-order valence-corrected chi connectivity index (χ1v) is 11.8. The molecule has 0 bridgehead atoms. The van der Waals surface area contributed by atoms with Crippen LogP contribution in [0.3, 0.4) is 0 Å². The lowest BCUT2D eigenvalue weighted by atomic mass is 9.90. The number of nitrogens with zero attached hydrogens (tertiary/aromatic N) is 2. The summed E-state index contributed by atoms with van der Waals surface area (Å²) in [7, 11) is 0. The summed E-state index contributed by atoms with van der Waals surface area (Å²) in [5.41, 5.74) is 7.83. The molecule has 0 spiro atoms. The Morgan fingerprint density at radius 1 is 0.903 bits per heavy atom. The topological polar surface area (TPSA) is 38.9 Å². The second-order valence-corrected chi connectivity index (χ2v) is 9.84. The van der Waals surface area contributed by atoms with Gasteiger partial charge in [0.15, 0.2) is 0 Å². The first-order chi connectivity index (χ1) is 15.0. The molecule has 3 nitrogen and oxygen atoms in total. The summed E-state index contributed by atoms with van der Waals surface area (Å²) >= 11 is 0. The molecular weight excluding hydrogens is 380 g/mol. The van der Waals surface area contributed by atoms with Crippen molar-refractivity contribution in [2.75, 3.05) is 0 Å². The largest absolute Gasteiger partial charge is 0.437 e. The molecule has 1 aliphatic rings. The van der Waals surface area contributed by atoms with Gasteiger partial charge >= 0.3 is 0 Å². The third-order valence-corrected chi connectivity index (χ3v) is 6.93. The summed E-state index contributed by atoms with van der Waals surface area (Å²) < 4.78 is 6.17. The van der Waals surface area contributed by atoms with E-state index in [1.165, 1.54) is 48.8 Å². The Kier molecular flexibility index (Phi) is 5.29. The molecule has 0 atom stereocenters. The maximum Gasteiger partial charge on any atom is 0.227 e. The van der Waals surface area contributed by atoms with Crippen molar-refractivity contribution in [2.45, 2.75) is 71.6 Å². The lowest BCUT2D eigenvalue weighted by Gasteiger charge is -2.17. The normalized spacial score (nSPS) is 15.2. The average Bonchev–Trinajstić information content (AvgIpc) is 3.40. The number of para-hydroxylation sites is 1. The average molecular weight is 413 g/mol. The molecule has 3 heterocycles. The van der Waals surface area contributed by atoms with Crippen molar-refractivity contribution in [1.29, 1.82) is 0 Å². The van der Waals surface area contributed by atoms with Crippen LogP contribution in [0.1, 0.15) is 81.9 Å². The van der Waals surface area contributed by atoms with E-state index in [1.807, 2.05) is 6.20 Å². The standard InChI is InChI=1S/C28H32N2O/c1-17(2)22-10-7-11-23-24-13-21(15-30-28(24)31-27(22)23)26-14-20(12-19-8-5-6-9-19)25(16-29-26)18(3)4/h7,10-11,13-19H,5-6,8-9,12H2,1-4H3. The first kappa shape index (κ1) is 20.2. The zero-order valence-corrected chi connectivity index (χ0v) is 19.1. The summed E-state index contributed by atoms with van der Waals surface area (Å²) in [6.45, 7) is 8.94. The van der Waals surface area contributed by atoms with Crippen molar-refractivity contribution in [2.24, 2.45) is 5.92 Å². The molecule has 0 aliphatic heterocycles. The molecular formula is C28H32N2O. The highest BCUT2D eigenvalue weighted by molar-refractivity contribution is 6.05. The number of hydrogen-bond donors (Lipinski definition) is 0. The number of fused-ring (bicyclic) bond motifs is 3. The summed E-state index contributed by atoms with van der Waals surface area (Å²) in [5, 5.41) is 2.21. The van der Waals surface area contributed by atoms with Crippen molar-refractivity contribution < 1.29 is 4.42 Å². The minimum absolute atomic E-state index is 0.409. The van der Waals surface area contributed by atoms with E-state index in [0.717, 1.165) is 33.5 Å². The van der Waals surface area contributed by atoms with Crippen LogP contribution in [0.5, 0.6) is 0 Å². The molecule has 1 aliphatic carbocycles. The third kappa shape index (κ3) is 3.75. The van der Waals surface area contributed by atoms with E-state index in [0.29, 0.717) is 17.5 Å². The van der Waals surface area contributed by atoms with Crippen LogP contribution in [-0.4, -0.2) is 9.97 Å². The first-order valence-electron chi connectivity index (χ1n) is 11.8. The third-order valence-electron chi connectivity index (χ3n) is 6.93. The van der Waals surface area contributed by atoms with E-state index in [9.17, 15) is 0 Å². The van der Waals surface area contributed by atoms with Gasteiger partial charge in [0.2, 0.25) is 5.71 Å². The number of benzene rings is 1. The van der Waals surface area contributed by atoms with Crippen molar-refractivity contribution in [3.8, 4) is 11.3 Å². The molecule has 31 heavy (non-hydrogen) atoms. The van der Waals surface area contributed by atoms with Gasteiger partial charge in [0.05, 0.1) is 5.69 Å². The fourth-order valence-electron chi connectivity index (χ4n) is 5.19. The molecule has 0 amide bonds. The van der Waals surface area contributed by atoms with E-state index in [1.54, 1.807) is 0 Å². The highest BCUT2D eigenvalue weighted by Crippen LogP contribution is 2.36. The fourth-order valence-corrected chi connectivity index (χ4v) is 5.19. The van der Waals surface area contributed by atoms with Crippen LogP contribution in [0, 0.1) is 5.92 Å². The Morgan fingerprint density at radius 2 is 1.68 bits per heavy atom. The fraction of sp³-hybridized carbons (Fsp3) is 0.429. The minimum Gasteiger partial charge on any atom is -0.437 e. The van der Waals surface area contributed by atoms with E-state index < -0.39 is 0 Å². The predicted octanol–water partition coefficient (Wildman–Crippen LogP) is 8.02.